The molecule has 0 amide bonds. The lowest BCUT2D eigenvalue weighted by molar-refractivity contribution is 0.0801. The van der Waals surface area contributed by atoms with Gasteiger partial charge in [0.1, 0.15) is 0 Å². The summed E-state index contributed by atoms with van der Waals surface area (Å²) in [5.74, 6) is 0.197. The minimum Gasteiger partial charge on any atom is -0.380 e. The van der Waals surface area contributed by atoms with Gasteiger partial charge in [-0.3, -0.25) is 9.69 Å². The number of likely N-dealkylation sites (tertiary alicyclic amines) is 1. The van der Waals surface area contributed by atoms with Crippen LogP contribution in [-0.4, -0.2) is 43.0 Å². The van der Waals surface area contributed by atoms with Crippen LogP contribution >= 0.6 is 0 Å². The predicted octanol–water partition coefficient (Wildman–Crippen LogP) is 1.98. The van der Waals surface area contributed by atoms with E-state index in [1.54, 1.807) is 7.11 Å². The molecule has 0 bridgehead atoms. The quantitative estimate of drug-likeness (QED) is 0.745. The molecule has 2 unspecified atom stereocenters. The Kier molecular flexibility index (Phi) is 3.92. The van der Waals surface area contributed by atoms with Crippen molar-refractivity contribution < 1.29 is 9.53 Å². The zero-order chi connectivity index (χ0) is 12.3. The molecule has 0 saturated carbocycles. The standard InChI is InChI=1S/C14H19NO2/c1-11(15-9-8-13(10-15)17-2)14(16)12-6-4-3-5-7-12/h3-7,11,13H,8-10H2,1-2H3. The number of rotatable bonds is 4. The third-order valence-electron chi connectivity index (χ3n) is 3.50. The van der Waals surface area contributed by atoms with E-state index in [0.717, 1.165) is 25.1 Å². The first-order valence-electron chi connectivity index (χ1n) is 6.08. The van der Waals surface area contributed by atoms with Gasteiger partial charge in [0.15, 0.2) is 5.78 Å². The van der Waals surface area contributed by atoms with Gasteiger partial charge in [-0.1, -0.05) is 30.3 Å². The largest absolute Gasteiger partial charge is 0.380 e. The van der Waals surface area contributed by atoms with Crippen LogP contribution in [0.3, 0.4) is 0 Å². The highest BCUT2D eigenvalue weighted by molar-refractivity contribution is 5.99. The van der Waals surface area contributed by atoms with Gasteiger partial charge in [-0.15, -0.1) is 0 Å². The van der Waals surface area contributed by atoms with Crippen LogP contribution in [0.5, 0.6) is 0 Å². The maximum atomic E-state index is 12.2. The van der Waals surface area contributed by atoms with Gasteiger partial charge in [0.25, 0.3) is 0 Å². The molecule has 1 heterocycles. The van der Waals surface area contributed by atoms with Gasteiger partial charge in [0.2, 0.25) is 0 Å². The molecular formula is C14H19NO2. The van der Waals surface area contributed by atoms with Crippen molar-refractivity contribution in [3.63, 3.8) is 0 Å². The van der Waals surface area contributed by atoms with Gasteiger partial charge in [-0.25, -0.2) is 0 Å². The molecule has 0 aliphatic carbocycles. The Bertz CT molecular complexity index is 377. The first kappa shape index (κ1) is 12.3. The van der Waals surface area contributed by atoms with Gasteiger partial charge in [-0.05, 0) is 13.3 Å². The molecule has 3 heteroatoms. The molecule has 0 spiro atoms. The molecule has 0 aromatic heterocycles. The Morgan fingerprint density at radius 3 is 2.71 bits per heavy atom. The van der Waals surface area contributed by atoms with Crippen molar-refractivity contribution in [2.75, 3.05) is 20.2 Å². The number of nitrogens with zero attached hydrogens (tertiary/aromatic N) is 1. The Labute approximate surface area is 102 Å². The lowest BCUT2D eigenvalue weighted by Crippen LogP contribution is -2.38. The van der Waals surface area contributed by atoms with Crippen LogP contribution in [-0.2, 0) is 4.74 Å². The van der Waals surface area contributed by atoms with Crippen LogP contribution in [0.1, 0.15) is 23.7 Å². The molecule has 2 atom stereocenters. The minimum absolute atomic E-state index is 0.0578. The van der Waals surface area contributed by atoms with Crippen LogP contribution < -0.4 is 0 Å². The molecule has 1 aliphatic heterocycles. The first-order chi connectivity index (χ1) is 8.22. The highest BCUT2D eigenvalue weighted by Gasteiger charge is 2.29. The second-order valence-corrected chi connectivity index (χ2v) is 4.55. The van der Waals surface area contributed by atoms with Crippen LogP contribution in [0.2, 0.25) is 0 Å². The molecule has 0 radical (unpaired) electrons. The zero-order valence-electron chi connectivity index (χ0n) is 10.4. The van der Waals surface area contributed by atoms with Gasteiger partial charge in [0.05, 0.1) is 12.1 Å². The Balaban J connectivity index is 2.01. The van der Waals surface area contributed by atoms with E-state index in [1.807, 2.05) is 37.3 Å². The number of carbonyl (C=O) groups excluding carboxylic acids is 1. The Morgan fingerprint density at radius 1 is 1.41 bits per heavy atom. The fourth-order valence-corrected chi connectivity index (χ4v) is 2.31. The molecule has 1 fully saturated rings. The van der Waals surface area contributed by atoms with Crippen molar-refractivity contribution >= 4 is 5.78 Å². The molecule has 17 heavy (non-hydrogen) atoms. The van der Waals surface area contributed by atoms with Crippen molar-refractivity contribution in [1.82, 2.24) is 4.90 Å². The van der Waals surface area contributed by atoms with E-state index < -0.39 is 0 Å². The molecule has 1 aromatic rings. The summed E-state index contributed by atoms with van der Waals surface area (Å²) in [7, 11) is 1.73. The molecule has 3 nitrogen and oxygen atoms in total. The van der Waals surface area contributed by atoms with E-state index in [-0.39, 0.29) is 17.9 Å². The molecule has 1 aliphatic rings. The topological polar surface area (TPSA) is 29.5 Å². The van der Waals surface area contributed by atoms with Crippen molar-refractivity contribution in [3.05, 3.63) is 35.9 Å². The number of Topliss-reactive ketones (excluding diaryl/α,β-unsaturated/α-hetero) is 1. The number of ketones is 1. The average molecular weight is 233 g/mol. The summed E-state index contributed by atoms with van der Waals surface area (Å²) in [5.41, 5.74) is 0.792. The van der Waals surface area contributed by atoms with E-state index >= 15 is 0 Å². The monoisotopic (exact) mass is 233 g/mol. The summed E-state index contributed by atoms with van der Waals surface area (Å²) in [6.45, 7) is 3.78. The smallest absolute Gasteiger partial charge is 0.179 e. The SMILES string of the molecule is COC1CCN(C(C)C(=O)c2ccccc2)C1. The molecule has 1 aromatic carbocycles. The lowest BCUT2D eigenvalue weighted by Gasteiger charge is -2.22. The van der Waals surface area contributed by atoms with E-state index in [1.165, 1.54) is 0 Å². The summed E-state index contributed by atoms with van der Waals surface area (Å²) in [5, 5.41) is 0. The number of hydrogen-bond donors (Lipinski definition) is 0. The molecule has 92 valence electrons. The molecular weight excluding hydrogens is 214 g/mol. The van der Waals surface area contributed by atoms with Crippen molar-refractivity contribution in [2.24, 2.45) is 0 Å². The van der Waals surface area contributed by atoms with Crippen molar-refractivity contribution in [1.29, 1.82) is 0 Å². The van der Waals surface area contributed by atoms with Crippen molar-refractivity contribution in [2.45, 2.75) is 25.5 Å². The summed E-state index contributed by atoms with van der Waals surface area (Å²) in [6, 6.07) is 9.44. The highest BCUT2D eigenvalue weighted by atomic mass is 16.5. The number of carbonyl (C=O) groups is 1. The number of hydrogen-bond acceptors (Lipinski definition) is 3. The lowest BCUT2D eigenvalue weighted by atomic mass is 10.0. The summed E-state index contributed by atoms with van der Waals surface area (Å²) in [6.07, 6.45) is 1.30. The van der Waals surface area contributed by atoms with E-state index in [0.29, 0.717) is 0 Å². The second-order valence-electron chi connectivity index (χ2n) is 4.55. The van der Waals surface area contributed by atoms with Crippen LogP contribution in [0, 0.1) is 0 Å². The van der Waals surface area contributed by atoms with Gasteiger partial charge in [0, 0.05) is 25.8 Å². The summed E-state index contributed by atoms with van der Waals surface area (Å²) >= 11 is 0. The number of benzene rings is 1. The van der Waals surface area contributed by atoms with E-state index in [9.17, 15) is 4.79 Å². The fourth-order valence-electron chi connectivity index (χ4n) is 2.31. The van der Waals surface area contributed by atoms with Crippen LogP contribution in [0.15, 0.2) is 30.3 Å². The number of ether oxygens (including phenoxy) is 1. The predicted molar refractivity (Wildman–Crippen MR) is 67.2 cm³/mol. The van der Waals surface area contributed by atoms with Gasteiger partial charge >= 0.3 is 0 Å². The van der Waals surface area contributed by atoms with Crippen LogP contribution in [0.25, 0.3) is 0 Å². The highest BCUT2D eigenvalue weighted by Crippen LogP contribution is 2.17. The van der Waals surface area contributed by atoms with Gasteiger partial charge in [-0.2, -0.15) is 0 Å². The summed E-state index contributed by atoms with van der Waals surface area (Å²) < 4.78 is 5.32. The first-order valence-corrected chi connectivity index (χ1v) is 6.08. The van der Waals surface area contributed by atoms with E-state index in [4.69, 9.17) is 4.74 Å². The van der Waals surface area contributed by atoms with Crippen LogP contribution in [0.4, 0.5) is 0 Å². The zero-order valence-corrected chi connectivity index (χ0v) is 10.4. The van der Waals surface area contributed by atoms with Crippen molar-refractivity contribution in [3.8, 4) is 0 Å². The third kappa shape index (κ3) is 2.73. The number of methoxy groups -OCH3 is 1. The summed E-state index contributed by atoms with van der Waals surface area (Å²) in [4.78, 5) is 14.4. The average Bonchev–Trinajstić information content (AvgIpc) is 2.87. The maximum Gasteiger partial charge on any atom is 0.179 e. The maximum absolute atomic E-state index is 12.2. The molecule has 1 saturated heterocycles. The normalized spacial score (nSPS) is 22.6. The fraction of sp³-hybridized carbons (Fsp3) is 0.500. The second kappa shape index (κ2) is 5.43. The molecule has 0 N–H and O–H groups in total. The third-order valence-corrected chi connectivity index (χ3v) is 3.50. The van der Waals surface area contributed by atoms with E-state index in [2.05, 4.69) is 4.90 Å². The Morgan fingerprint density at radius 2 is 2.12 bits per heavy atom. The minimum atomic E-state index is -0.0578. The molecule has 2 rings (SSSR count). The Hall–Kier alpha value is -1.19. The van der Waals surface area contributed by atoms with Gasteiger partial charge < -0.3 is 4.74 Å².